The van der Waals surface area contributed by atoms with E-state index in [2.05, 4.69) is 28.6 Å². The highest BCUT2D eigenvalue weighted by molar-refractivity contribution is 5.96. The third-order valence-electron chi connectivity index (χ3n) is 3.82. The highest BCUT2D eigenvalue weighted by atomic mass is 16.5. The van der Waals surface area contributed by atoms with Crippen LogP contribution in [0.2, 0.25) is 0 Å². The molecule has 160 valence electrons. The van der Waals surface area contributed by atoms with Crippen molar-refractivity contribution in [2.75, 3.05) is 12.3 Å². The van der Waals surface area contributed by atoms with Crippen LogP contribution in [0.4, 0.5) is 5.82 Å². The number of nitrogens with one attached hydrogen (secondary N) is 1. The van der Waals surface area contributed by atoms with Gasteiger partial charge in [0.2, 0.25) is 5.82 Å². The number of rotatable bonds is 8. The summed E-state index contributed by atoms with van der Waals surface area (Å²) in [5.74, 6) is 1.33. The Hall–Kier alpha value is -3.61. The molecule has 7 heteroatoms. The van der Waals surface area contributed by atoms with Gasteiger partial charge in [-0.25, -0.2) is 4.98 Å². The molecule has 2 rings (SSSR count). The van der Waals surface area contributed by atoms with Gasteiger partial charge in [0.1, 0.15) is 5.82 Å². The number of carbonyl (C=O) groups is 1. The van der Waals surface area contributed by atoms with Crippen molar-refractivity contribution in [3.63, 3.8) is 0 Å². The fourth-order valence-electron chi connectivity index (χ4n) is 2.24. The van der Waals surface area contributed by atoms with Crippen LogP contribution in [-0.4, -0.2) is 27.0 Å². The summed E-state index contributed by atoms with van der Waals surface area (Å²) in [5.41, 5.74) is 7.87. The largest absolute Gasteiger partial charge is 0.459 e. The van der Waals surface area contributed by atoms with E-state index in [-0.39, 0.29) is 11.7 Å². The summed E-state index contributed by atoms with van der Waals surface area (Å²) >= 11 is 0. The number of nitrogens with zero attached hydrogens (tertiary/aromatic N) is 3. The Balaban J connectivity index is 0.00000218. The molecule has 1 amide bonds. The number of anilines is 1. The Morgan fingerprint density at radius 3 is 2.63 bits per heavy atom. The van der Waals surface area contributed by atoms with Gasteiger partial charge in [-0.3, -0.25) is 4.79 Å². The molecular weight excluding hydrogens is 378 g/mol. The molecule has 2 aromatic heterocycles. The van der Waals surface area contributed by atoms with E-state index in [1.54, 1.807) is 31.2 Å². The molecule has 2 aromatic rings. The maximum absolute atomic E-state index is 12.5. The molecule has 3 N–H and O–H groups in total. The van der Waals surface area contributed by atoms with Crippen LogP contribution in [0.25, 0.3) is 11.4 Å². The zero-order chi connectivity index (χ0) is 22.7. The van der Waals surface area contributed by atoms with Gasteiger partial charge in [0.25, 0.3) is 5.91 Å². The van der Waals surface area contributed by atoms with Crippen molar-refractivity contribution in [3.8, 4) is 0 Å². The number of hydrogen-bond donors (Lipinski definition) is 2. The molecule has 0 unspecified atom stereocenters. The van der Waals surface area contributed by atoms with Gasteiger partial charge >= 0.3 is 0 Å². The number of hydrogen-bond acceptors (Lipinski definition) is 5. The second kappa shape index (κ2) is 12.1. The lowest BCUT2D eigenvalue weighted by Gasteiger charge is -2.06. The molecule has 0 aromatic carbocycles. The van der Waals surface area contributed by atoms with Crippen LogP contribution in [0.15, 0.2) is 67.0 Å². The molecule has 0 atom stereocenters. The summed E-state index contributed by atoms with van der Waals surface area (Å²) in [7, 11) is 0. The maximum atomic E-state index is 12.5. The zero-order valence-electron chi connectivity index (χ0n) is 18.4. The Bertz CT molecular complexity index is 996. The van der Waals surface area contributed by atoms with E-state index >= 15 is 0 Å². The van der Waals surface area contributed by atoms with Gasteiger partial charge < -0.3 is 15.8 Å². The lowest BCUT2D eigenvalue weighted by atomic mass is 10.2. The van der Waals surface area contributed by atoms with Crippen LogP contribution in [0.5, 0.6) is 0 Å². The van der Waals surface area contributed by atoms with E-state index in [1.807, 2.05) is 45.9 Å². The predicted molar refractivity (Wildman–Crippen MR) is 124 cm³/mol. The van der Waals surface area contributed by atoms with Crippen LogP contribution in [0, 0.1) is 0 Å². The van der Waals surface area contributed by atoms with Crippen molar-refractivity contribution < 1.29 is 9.53 Å². The van der Waals surface area contributed by atoms with Crippen molar-refractivity contribution in [3.05, 3.63) is 78.4 Å². The number of pyridine rings is 1. The molecule has 2 heterocycles. The summed E-state index contributed by atoms with van der Waals surface area (Å²) in [6.45, 7) is 17.4. The van der Waals surface area contributed by atoms with Crippen molar-refractivity contribution in [1.29, 1.82) is 0 Å². The van der Waals surface area contributed by atoms with Crippen LogP contribution in [0.1, 0.15) is 50.8 Å². The fraction of sp³-hybridized carbons (Fsp3) is 0.261. The Morgan fingerprint density at radius 2 is 2.00 bits per heavy atom. The Morgan fingerprint density at radius 1 is 1.30 bits per heavy atom. The van der Waals surface area contributed by atoms with E-state index in [1.165, 1.54) is 4.52 Å². The Labute approximate surface area is 178 Å². The van der Waals surface area contributed by atoms with E-state index < -0.39 is 0 Å². The van der Waals surface area contributed by atoms with Gasteiger partial charge in [-0.2, -0.15) is 4.52 Å². The minimum absolute atomic E-state index is 0.251. The molecule has 0 bridgehead atoms. The number of amides is 1. The van der Waals surface area contributed by atoms with Crippen molar-refractivity contribution >= 4 is 23.1 Å². The number of nitrogens with two attached hydrogens (primary N) is 1. The quantitative estimate of drug-likeness (QED) is 0.488. The van der Waals surface area contributed by atoms with Gasteiger partial charge in [0.15, 0.2) is 11.4 Å². The monoisotopic (exact) mass is 409 g/mol. The molecule has 0 saturated heterocycles. The van der Waals surface area contributed by atoms with Crippen LogP contribution in [-0.2, 0) is 4.74 Å². The summed E-state index contributed by atoms with van der Waals surface area (Å²) in [5, 5.41) is 7.14. The highest BCUT2D eigenvalue weighted by Crippen LogP contribution is 2.18. The number of ether oxygens (including phenoxy) is 1. The predicted octanol–water partition coefficient (Wildman–Crippen LogP) is 4.67. The van der Waals surface area contributed by atoms with Crippen LogP contribution in [0.3, 0.4) is 0 Å². The number of nitrogen functional groups attached to an aromatic ring is 1. The van der Waals surface area contributed by atoms with Crippen molar-refractivity contribution in [2.45, 2.75) is 34.6 Å². The molecule has 30 heavy (non-hydrogen) atoms. The van der Waals surface area contributed by atoms with E-state index in [4.69, 9.17) is 10.5 Å². The lowest BCUT2D eigenvalue weighted by Crippen LogP contribution is -2.25. The second-order valence-corrected chi connectivity index (χ2v) is 6.12. The first kappa shape index (κ1) is 24.4. The van der Waals surface area contributed by atoms with E-state index in [0.29, 0.717) is 35.1 Å². The van der Waals surface area contributed by atoms with Gasteiger partial charge in [0.05, 0.1) is 5.76 Å². The minimum atomic E-state index is -0.251. The fourth-order valence-corrected chi connectivity index (χ4v) is 2.24. The average Bonchev–Trinajstić information content (AvgIpc) is 3.18. The molecular formula is C23H31N5O2. The van der Waals surface area contributed by atoms with Crippen molar-refractivity contribution in [2.24, 2.45) is 0 Å². The molecule has 0 aliphatic rings. The van der Waals surface area contributed by atoms with E-state index in [0.717, 1.165) is 5.57 Å². The third kappa shape index (κ3) is 6.77. The second-order valence-electron chi connectivity index (χ2n) is 6.12. The highest BCUT2D eigenvalue weighted by Gasteiger charge is 2.14. The summed E-state index contributed by atoms with van der Waals surface area (Å²) in [6.07, 6.45) is 9.08. The average molecular weight is 410 g/mol. The van der Waals surface area contributed by atoms with Gasteiger partial charge in [-0.05, 0) is 39.0 Å². The smallest absolute Gasteiger partial charge is 0.251 e. The molecule has 0 fully saturated rings. The Kier molecular flexibility index (Phi) is 9.82. The lowest BCUT2D eigenvalue weighted by molar-refractivity contribution is 0.0957. The summed E-state index contributed by atoms with van der Waals surface area (Å²) < 4.78 is 6.97. The van der Waals surface area contributed by atoms with Gasteiger partial charge in [-0.15, -0.1) is 5.10 Å². The summed E-state index contributed by atoms with van der Waals surface area (Å²) in [6, 6.07) is 3.17. The zero-order valence-corrected chi connectivity index (χ0v) is 18.4. The minimum Gasteiger partial charge on any atom is -0.459 e. The number of carbonyl (C=O) groups excluding carboxylic acids is 1. The van der Waals surface area contributed by atoms with Crippen molar-refractivity contribution in [1.82, 2.24) is 19.9 Å². The van der Waals surface area contributed by atoms with Crippen LogP contribution >= 0.6 is 0 Å². The first-order valence-corrected chi connectivity index (χ1v) is 9.75. The molecule has 0 aliphatic heterocycles. The van der Waals surface area contributed by atoms with Gasteiger partial charge in [0, 0.05) is 12.1 Å². The van der Waals surface area contributed by atoms with Gasteiger partial charge in [-0.1, -0.05) is 56.9 Å². The standard InChI is InChI=1S/C21H25N5O2.C2H6/c1-6-8-9-10-14(3)13-23-21(27)17-11-18(22)26-19(12-17)24-20(25-26)16(5)28-15(4)7-2;1-2/h6-12H,1,5,13,22H2,2-4H3,(H,23,27);1-2H3/b9-8-,14-10+,15-7-;. The summed E-state index contributed by atoms with van der Waals surface area (Å²) in [4.78, 5) is 16.8. The molecule has 0 aliphatic carbocycles. The molecule has 0 spiro atoms. The number of allylic oxidation sites excluding steroid dienone is 6. The maximum Gasteiger partial charge on any atom is 0.251 e. The first-order chi connectivity index (χ1) is 14.3. The van der Waals surface area contributed by atoms with Crippen LogP contribution < -0.4 is 11.1 Å². The van der Waals surface area contributed by atoms with E-state index in [9.17, 15) is 4.79 Å². The normalized spacial score (nSPS) is 11.8. The molecule has 0 saturated carbocycles. The number of aromatic nitrogens is 3. The molecule has 0 radical (unpaired) electrons. The molecule has 7 nitrogen and oxygen atoms in total. The number of fused-ring (bicyclic) bond motifs is 1. The first-order valence-electron chi connectivity index (χ1n) is 9.75. The topological polar surface area (TPSA) is 94.5 Å². The SMILES string of the molecule is C=C/C=C\C=C(/C)CNC(=O)c1cc(N)n2nc(C(=C)O/C(C)=C\C)nc2c1.CC. The third-order valence-corrected chi connectivity index (χ3v) is 3.82.